The third-order valence-corrected chi connectivity index (χ3v) is 3.92. The fraction of sp³-hybridized carbons (Fsp3) is 0.533. The molecule has 0 amide bonds. The number of carbonyl (C=O) groups is 1. The van der Waals surface area contributed by atoms with E-state index in [0.717, 1.165) is 37.2 Å². The molecule has 3 heteroatoms. The predicted molar refractivity (Wildman–Crippen MR) is 69.8 cm³/mol. The highest BCUT2D eigenvalue weighted by molar-refractivity contribution is 5.98. The van der Waals surface area contributed by atoms with Crippen LogP contribution < -0.4 is 5.32 Å². The van der Waals surface area contributed by atoms with Crippen LogP contribution in [0.15, 0.2) is 24.3 Å². The van der Waals surface area contributed by atoms with Gasteiger partial charge < -0.3 is 10.1 Å². The molecule has 96 valence electrons. The molecule has 3 rings (SSSR count). The zero-order valence-electron chi connectivity index (χ0n) is 10.7. The zero-order chi connectivity index (χ0) is 12.5. The fourth-order valence-corrected chi connectivity index (χ4v) is 3.09. The third-order valence-electron chi connectivity index (χ3n) is 3.92. The van der Waals surface area contributed by atoms with Gasteiger partial charge in [0, 0.05) is 23.6 Å². The summed E-state index contributed by atoms with van der Waals surface area (Å²) in [4.78, 5) is 12.5. The first-order valence-electron chi connectivity index (χ1n) is 6.67. The van der Waals surface area contributed by atoms with Gasteiger partial charge in [-0.1, -0.05) is 23.8 Å². The summed E-state index contributed by atoms with van der Waals surface area (Å²) in [5, 5.41) is 3.52. The van der Waals surface area contributed by atoms with Gasteiger partial charge in [-0.05, 0) is 25.8 Å². The van der Waals surface area contributed by atoms with Crippen LogP contribution in [-0.2, 0) is 4.74 Å². The van der Waals surface area contributed by atoms with Crippen molar-refractivity contribution in [2.45, 2.75) is 31.8 Å². The fourth-order valence-electron chi connectivity index (χ4n) is 3.09. The van der Waals surface area contributed by atoms with Crippen molar-refractivity contribution in [1.82, 2.24) is 5.32 Å². The second-order valence-electron chi connectivity index (χ2n) is 5.50. The number of piperidine rings is 1. The number of hydrogen-bond donors (Lipinski definition) is 1. The molecule has 2 unspecified atom stereocenters. The first-order chi connectivity index (χ1) is 8.72. The summed E-state index contributed by atoms with van der Waals surface area (Å²) in [6.45, 7) is 3.52. The molecule has 0 saturated carbocycles. The smallest absolute Gasteiger partial charge is 0.166 e. The van der Waals surface area contributed by atoms with Crippen molar-refractivity contribution in [2.24, 2.45) is 5.92 Å². The van der Waals surface area contributed by atoms with Gasteiger partial charge in [0.15, 0.2) is 5.78 Å². The van der Waals surface area contributed by atoms with Gasteiger partial charge in [0.25, 0.3) is 0 Å². The maximum Gasteiger partial charge on any atom is 0.166 e. The number of morpholine rings is 1. The maximum atomic E-state index is 12.5. The Bertz CT molecular complexity index is 446. The van der Waals surface area contributed by atoms with E-state index < -0.39 is 0 Å². The lowest BCUT2D eigenvalue weighted by molar-refractivity contribution is 0.00953. The van der Waals surface area contributed by atoms with Gasteiger partial charge in [-0.3, -0.25) is 4.79 Å². The molecule has 1 aromatic carbocycles. The second-order valence-corrected chi connectivity index (χ2v) is 5.50. The lowest BCUT2D eigenvalue weighted by Crippen LogP contribution is -2.55. The molecule has 0 aromatic heterocycles. The average Bonchev–Trinajstić information content (AvgIpc) is 2.37. The molecule has 2 fully saturated rings. The summed E-state index contributed by atoms with van der Waals surface area (Å²) in [6, 6.07) is 8.64. The lowest BCUT2D eigenvalue weighted by atomic mass is 9.82. The summed E-state index contributed by atoms with van der Waals surface area (Å²) >= 11 is 0. The quantitative estimate of drug-likeness (QED) is 0.809. The average molecular weight is 245 g/mol. The SMILES string of the molecule is Cc1cccc(C(=O)C2CC3COCC(C2)N3)c1. The number of ketones is 1. The van der Waals surface area contributed by atoms with Crippen LogP contribution in [0, 0.1) is 12.8 Å². The number of fused-ring (bicyclic) bond motifs is 2. The van der Waals surface area contributed by atoms with Crippen molar-refractivity contribution in [3.63, 3.8) is 0 Å². The molecule has 0 radical (unpaired) electrons. The molecule has 1 N–H and O–H groups in total. The van der Waals surface area contributed by atoms with E-state index >= 15 is 0 Å². The highest BCUT2D eigenvalue weighted by Crippen LogP contribution is 2.27. The molecule has 2 bridgehead atoms. The van der Waals surface area contributed by atoms with Crippen LogP contribution in [0.2, 0.25) is 0 Å². The van der Waals surface area contributed by atoms with Crippen LogP contribution in [0.25, 0.3) is 0 Å². The minimum atomic E-state index is 0.159. The minimum absolute atomic E-state index is 0.159. The van der Waals surface area contributed by atoms with Gasteiger partial charge >= 0.3 is 0 Å². The number of Topliss-reactive ketones (excluding diaryl/α,β-unsaturated/α-hetero) is 1. The van der Waals surface area contributed by atoms with E-state index in [4.69, 9.17) is 4.74 Å². The molecule has 2 aliphatic heterocycles. The van der Waals surface area contributed by atoms with Crippen LogP contribution in [0.4, 0.5) is 0 Å². The first-order valence-corrected chi connectivity index (χ1v) is 6.67. The van der Waals surface area contributed by atoms with Gasteiger partial charge in [0.2, 0.25) is 0 Å². The monoisotopic (exact) mass is 245 g/mol. The van der Waals surface area contributed by atoms with Gasteiger partial charge in [-0.25, -0.2) is 0 Å². The molecule has 0 aliphatic carbocycles. The Morgan fingerprint density at radius 3 is 2.67 bits per heavy atom. The maximum absolute atomic E-state index is 12.5. The number of ether oxygens (including phenoxy) is 1. The van der Waals surface area contributed by atoms with Crippen molar-refractivity contribution in [1.29, 1.82) is 0 Å². The molecular formula is C15H19NO2. The third kappa shape index (κ3) is 2.33. The molecule has 0 spiro atoms. The van der Waals surface area contributed by atoms with Crippen molar-refractivity contribution in [3.8, 4) is 0 Å². The van der Waals surface area contributed by atoms with Gasteiger partial charge in [-0.2, -0.15) is 0 Å². The molecule has 1 aromatic rings. The number of benzene rings is 1. The Kier molecular flexibility index (Phi) is 3.18. The molecule has 2 heterocycles. The van der Waals surface area contributed by atoms with Crippen LogP contribution in [-0.4, -0.2) is 31.1 Å². The van der Waals surface area contributed by atoms with E-state index in [1.54, 1.807) is 0 Å². The molecule has 2 saturated heterocycles. The zero-order valence-corrected chi connectivity index (χ0v) is 10.7. The van der Waals surface area contributed by atoms with Crippen molar-refractivity contribution < 1.29 is 9.53 Å². The van der Waals surface area contributed by atoms with Crippen molar-refractivity contribution >= 4 is 5.78 Å². The van der Waals surface area contributed by atoms with Gasteiger partial charge in [0.1, 0.15) is 0 Å². The number of nitrogens with one attached hydrogen (secondary N) is 1. The number of rotatable bonds is 2. The molecule has 3 nitrogen and oxygen atoms in total. The Balaban J connectivity index is 1.76. The molecular weight excluding hydrogens is 226 g/mol. The Hall–Kier alpha value is -1.19. The topological polar surface area (TPSA) is 38.3 Å². The van der Waals surface area contributed by atoms with E-state index in [0.29, 0.717) is 17.9 Å². The van der Waals surface area contributed by atoms with E-state index in [1.807, 2.05) is 31.2 Å². The lowest BCUT2D eigenvalue weighted by Gasteiger charge is -2.39. The van der Waals surface area contributed by atoms with E-state index in [-0.39, 0.29) is 5.92 Å². The number of carbonyl (C=O) groups excluding carboxylic acids is 1. The van der Waals surface area contributed by atoms with E-state index in [2.05, 4.69) is 5.32 Å². The Morgan fingerprint density at radius 1 is 1.28 bits per heavy atom. The van der Waals surface area contributed by atoms with Crippen LogP contribution in [0.3, 0.4) is 0 Å². The predicted octanol–water partition coefficient (Wildman–Crippen LogP) is 1.94. The van der Waals surface area contributed by atoms with Gasteiger partial charge in [-0.15, -0.1) is 0 Å². The normalized spacial score (nSPS) is 31.1. The van der Waals surface area contributed by atoms with Crippen LogP contribution in [0.5, 0.6) is 0 Å². The van der Waals surface area contributed by atoms with Crippen LogP contribution in [0.1, 0.15) is 28.8 Å². The number of aryl methyl sites for hydroxylation is 1. The molecule has 2 atom stereocenters. The van der Waals surface area contributed by atoms with E-state index in [9.17, 15) is 4.79 Å². The second kappa shape index (κ2) is 4.82. The van der Waals surface area contributed by atoms with Crippen molar-refractivity contribution in [2.75, 3.05) is 13.2 Å². The highest BCUT2D eigenvalue weighted by Gasteiger charge is 2.35. The summed E-state index contributed by atoms with van der Waals surface area (Å²) in [5.41, 5.74) is 2.01. The summed E-state index contributed by atoms with van der Waals surface area (Å²) in [7, 11) is 0. The first kappa shape index (κ1) is 11.9. The highest BCUT2D eigenvalue weighted by atomic mass is 16.5. The molecule has 2 aliphatic rings. The summed E-state index contributed by atoms with van der Waals surface area (Å²) in [5.74, 6) is 0.462. The standard InChI is InChI=1S/C15H19NO2/c1-10-3-2-4-11(5-10)15(17)12-6-13-8-18-9-14(7-12)16-13/h2-5,12-14,16H,6-9H2,1H3. The Morgan fingerprint density at radius 2 is 2.00 bits per heavy atom. The number of hydrogen-bond acceptors (Lipinski definition) is 3. The largest absolute Gasteiger partial charge is 0.378 e. The van der Waals surface area contributed by atoms with Crippen LogP contribution >= 0.6 is 0 Å². The Labute approximate surface area is 108 Å². The van der Waals surface area contributed by atoms with E-state index in [1.165, 1.54) is 0 Å². The minimum Gasteiger partial charge on any atom is -0.378 e. The summed E-state index contributed by atoms with van der Waals surface area (Å²) in [6.07, 6.45) is 1.81. The molecule has 18 heavy (non-hydrogen) atoms. The van der Waals surface area contributed by atoms with Gasteiger partial charge in [0.05, 0.1) is 13.2 Å². The van der Waals surface area contributed by atoms with Crippen molar-refractivity contribution in [3.05, 3.63) is 35.4 Å². The summed E-state index contributed by atoms with van der Waals surface area (Å²) < 4.78 is 5.52.